The van der Waals surface area contributed by atoms with Crippen LogP contribution in [0.15, 0.2) is 41.2 Å². The monoisotopic (exact) mass is 333 g/mol. The Labute approximate surface area is 137 Å². The van der Waals surface area contributed by atoms with Gasteiger partial charge < -0.3 is 10.1 Å². The van der Waals surface area contributed by atoms with E-state index in [-0.39, 0.29) is 12.3 Å². The number of carbonyl (C=O) groups excluding carboxylic acids is 2. The largest absolute Gasteiger partial charge is 0.464 e. The Balaban J connectivity index is 2.24. The van der Waals surface area contributed by atoms with Gasteiger partial charge in [-0.15, -0.1) is 0 Å². The topological polar surface area (TPSA) is 90.3 Å². The van der Waals surface area contributed by atoms with Gasteiger partial charge in [-0.3, -0.25) is 9.59 Å². The quantitative estimate of drug-likeness (QED) is 0.826. The molecule has 7 nitrogen and oxygen atoms in total. The minimum Gasteiger partial charge on any atom is -0.464 e. The molecule has 1 amide bonds. The van der Waals surface area contributed by atoms with Crippen LogP contribution in [-0.4, -0.2) is 34.3 Å². The summed E-state index contributed by atoms with van der Waals surface area (Å²) in [6, 6.07) is 6.65. The minimum atomic E-state index is -0.856. The molecule has 0 aliphatic heterocycles. The van der Waals surface area contributed by atoms with Crippen molar-refractivity contribution in [2.45, 2.75) is 19.9 Å². The van der Waals surface area contributed by atoms with Gasteiger partial charge in [0.05, 0.1) is 12.3 Å². The highest BCUT2D eigenvalue weighted by Gasteiger charge is 2.19. The first kappa shape index (κ1) is 17.3. The predicted octanol–water partition coefficient (Wildman–Crippen LogP) is 1.05. The van der Waals surface area contributed by atoms with Crippen LogP contribution in [0.2, 0.25) is 0 Å². The number of rotatable bonds is 5. The number of amides is 1. The number of ether oxygens (including phenoxy) is 1. The van der Waals surface area contributed by atoms with Crippen molar-refractivity contribution in [2.24, 2.45) is 0 Å². The van der Waals surface area contributed by atoms with Crippen molar-refractivity contribution in [3.05, 3.63) is 58.3 Å². The lowest BCUT2D eigenvalue weighted by Crippen LogP contribution is -2.40. The van der Waals surface area contributed by atoms with Crippen molar-refractivity contribution in [1.29, 1.82) is 0 Å². The lowest BCUT2D eigenvalue weighted by Gasteiger charge is -2.12. The first-order valence-electron chi connectivity index (χ1n) is 7.26. The highest BCUT2D eigenvalue weighted by molar-refractivity contribution is 5.94. The molecular weight excluding hydrogens is 317 g/mol. The lowest BCUT2D eigenvalue weighted by atomic mass is 10.3. The zero-order valence-electron chi connectivity index (χ0n) is 13.2. The molecule has 0 aliphatic carbocycles. The lowest BCUT2D eigenvalue weighted by molar-refractivity contribution is -0.144. The van der Waals surface area contributed by atoms with Crippen molar-refractivity contribution in [1.82, 2.24) is 15.1 Å². The second-order valence-electron chi connectivity index (χ2n) is 4.89. The maximum Gasteiger partial charge on any atom is 0.328 e. The van der Waals surface area contributed by atoms with Gasteiger partial charge in [-0.1, -0.05) is 0 Å². The van der Waals surface area contributed by atoms with Crippen LogP contribution < -0.4 is 10.9 Å². The molecule has 0 saturated carbocycles. The Morgan fingerprint density at radius 3 is 2.54 bits per heavy atom. The Hall–Kier alpha value is -3.03. The van der Waals surface area contributed by atoms with E-state index in [0.717, 1.165) is 4.68 Å². The molecule has 1 N–H and O–H groups in total. The number of nitrogens with one attached hydrogen (secondary N) is 1. The van der Waals surface area contributed by atoms with E-state index in [0.29, 0.717) is 5.69 Å². The molecule has 1 aromatic heterocycles. The molecular formula is C16H16FN3O4. The van der Waals surface area contributed by atoms with Crippen LogP contribution in [0.4, 0.5) is 4.39 Å². The maximum atomic E-state index is 13.0. The number of hydrogen-bond acceptors (Lipinski definition) is 5. The fourth-order valence-electron chi connectivity index (χ4n) is 1.90. The van der Waals surface area contributed by atoms with Gasteiger partial charge in [0.15, 0.2) is 0 Å². The molecule has 0 saturated heterocycles. The van der Waals surface area contributed by atoms with E-state index in [1.807, 2.05) is 0 Å². The highest BCUT2D eigenvalue weighted by atomic mass is 19.1. The minimum absolute atomic E-state index is 0.0601. The molecule has 0 aliphatic rings. The van der Waals surface area contributed by atoms with E-state index in [4.69, 9.17) is 4.74 Å². The Morgan fingerprint density at radius 2 is 1.92 bits per heavy atom. The van der Waals surface area contributed by atoms with Gasteiger partial charge in [-0.2, -0.15) is 9.78 Å². The molecule has 0 bridgehead atoms. The standard InChI is InChI=1S/C16H16FN3O4/c1-3-24-16(23)10(2)18-15(22)13-8-9-14(21)20(19-13)12-6-4-11(17)5-7-12/h4-10H,3H2,1-2H3,(H,18,22)/t10-/m0/s1. The molecule has 0 radical (unpaired) electrons. The number of hydrogen-bond donors (Lipinski definition) is 1. The van der Waals surface area contributed by atoms with Crippen LogP contribution in [0.1, 0.15) is 24.3 Å². The molecule has 2 rings (SSSR count). The third kappa shape index (κ3) is 4.03. The summed E-state index contributed by atoms with van der Waals surface area (Å²) in [5.41, 5.74) is -0.221. The first-order chi connectivity index (χ1) is 11.4. The second kappa shape index (κ2) is 7.49. The van der Waals surface area contributed by atoms with Gasteiger partial charge in [0, 0.05) is 6.07 Å². The summed E-state index contributed by atoms with van der Waals surface area (Å²) in [7, 11) is 0. The van der Waals surface area contributed by atoms with E-state index >= 15 is 0 Å². The summed E-state index contributed by atoms with van der Waals surface area (Å²) in [5.74, 6) is -1.66. The summed E-state index contributed by atoms with van der Waals surface area (Å²) in [5, 5.41) is 6.38. The number of esters is 1. The van der Waals surface area contributed by atoms with Gasteiger partial charge in [0.25, 0.3) is 11.5 Å². The van der Waals surface area contributed by atoms with Gasteiger partial charge in [-0.25, -0.2) is 9.18 Å². The van der Waals surface area contributed by atoms with Crippen molar-refractivity contribution in [3.63, 3.8) is 0 Å². The summed E-state index contributed by atoms with van der Waals surface area (Å²) in [6.45, 7) is 3.34. The number of nitrogens with zero attached hydrogens (tertiary/aromatic N) is 2. The van der Waals surface area contributed by atoms with E-state index in [2.05, 4.69) is 10.4 Å². The summed E-state index contributed by atoms with van der Waals surface area (Å²) in [4.78, 5) is 35.6. The summed E-state index contributed by atoms with van der Waals surface area (Å²) in [6.07, 6.45) is 0. The molecule has 1 heterocycles. The van der Waals surface area contributed by atoms with Gasteiger partial charge in [-0.05, 0) is 44.2 Å². The molecule has 24 heavy (non-hydrogen) atoms. The predicted molar refractivity (Wildman–Crippen MR) is 83.4 cm³/mol. The fraction of sp³-hybridized carbons (Fsp3) is 0.250. The zero-order chi connectivity index (χ0) is 17.7. The highest BCUT2D eigenvalue weighted by Crippen LogP contribution is 2.06. The fourth-order valence-corrected chi connectivity index (χ4v) is 1.90. The Kier molecular flexibility index (Phi) is 5.41. The molecule has 8 heteroatoms. The molecule has 0 unspecified atom stereocenters. The van der Waals surface area contributed by atoms with Crippen LogP contribution in [0, 0.1) is 5.82 Å². The number of aromatic nitrogens is 2. The van der Waals surface area contributed by atoms with Crippen LogP contribution >= 0.6 is 0 Å². The van der Waals surface area contributed by atoms with Crippen molar-refractivity contribution < 1.29 is 18.7 Å². The number of carbonyl (C=O) groups is 2. The van der Waals surface area contributed by atoms with Gasteiger partial charge in [0.1, 0.15) is 17.6 Å². The molecule has 1 atom stereocenters. The van der Waals surface area contributed by atoms with E-state index < -0.39 is 29.3 Å². The van der Waals surface area contributed by atoms with Crippen molar-refractivity contribution in [3.8, 4) is 5.69 Å². The maximum absolute atomic E-state index is 13.0. The Bertz CT molecular complexity index is 802. The summed E-state index contributed by atoms with van der Waals surface area (Å²) < 4.78 is 18.8. The van der Waals surface area contributed by atoms with Crippen molar-refractivity contribution in [2.75, 3.05) is 6.61 Å². The first-order valence-corrected chi connectivity index (χ1v) is 7.26. The normalized spacial score (nSPS) is 11.6. The van der Waals surface area contributed by atoms with Gasteiger partial charge >= 0.3 is 5.97 Å². The second-order valence-corrected chi connectivity index (χ2v) is 4.89. The van der Waals surface area contributed by atoms with Crippen LogP contribution in [0.3, 0.4) is 0 Å². The SMILES string of the molecule is CCOC(=O)[C@H](C)NC(=O)c1ccc(=O)n(-c2ccc(F)cc2)n1. The Morgan fingerprint density at radius 1 is 1.25 bits per heavy atom. The van der Waals surface area contributed by atoms with Gasteiger partial charge in [0.2, 0.25) is 0 Å². The molecule has 126 valence electrons. The van der Waals surface area contributed by atoms with Crippen LogP contribution in [0.25, 0.3) is 5.69 Å². The van der Waals surface area contributed by atoms with E-state index in [1.54, 1.807) is 6.92 Å². The van der Waals surface area contributed by atoms with Crippen LogP contribution in [0.5, 0.6) is 0 Å². The van der Waals surface area contributed by atoms with Crippen molar-refractivity contribution >= 4 is 11.9 Å². The molecule has 1 aromatic carbocycles. The number of benzene rings is 1. The zero-order valence-corrected chi connectivity index (χ0v) is 13.2. The third-order valence-electron chi connectivity index (χ3n) is 3.09. The molecule has 0 fully saturated rings. The van der Waals surface area contributed by atoms with Crippen LogP contribution in [-0.2, 0) is 9.53 Å². The molecule has 2 aromatic rings. The van der Waals surface area contributed by atoms with E-state index in [9.17, 15) is 18.8 Å². The summed E-state index contributed by atoms with van der Waals surface area (Å²) >= 11 is 0. The average Bonchev–Trinajstić information content (AvgIpc) is 2.56. The number of halogens is 1. The third-order valence-corrected chi connectivity index (χ3v) is 3.09. The smallest absolute Gasteiger partial charge is 0.328 e. The van der Waals surface area contributed by atoms with E-state index in [1.165, 1.54) is 43.3 Å². The molecule has 0 spiro atoms. The average molecular weight is 333 g/mol.